The van der Waals surface area contributed by atoms with Crippen LogP contribution in [0.15, 0.2) is 30.5 Å². The molecular weight excluding hydrogens is 358 g/mol. The Bertz CT molecular complexity index is 856. The minimum atomic E-state index is -3.66. The van der Waals surface area contributed by atoms with Crippen molar-refractivity contribution in [3.8, 4) is 11.4 Å². The summed E-state index contributed by atoms with van der Waals surface area (Å²) in [6.07, 6.45) is 4.51. The van der Waals surface area contributed by atoms with E-state index in [-0.39, 0.29) is 16.0 Å². The van der Waals surface area contributed by atoms with Crippen molar-refractivity contribution in [2.75, 3.05) is 5.75 Å². The van der Waals surface area contributed by atoms with Gasteiger partial charge in [-0.05, 0) is 60.3 Å². The highest BCUT2D eigenvalue weighted by atomic mass is 32.2. The van der Waals surface area contributed by atoms with Crippen LogP contribution < -0.4 is 4.72 Å². The van der Waals surface area contributed by atoms with Gasteiger partial charge in [-0.15, -0.1) is 0 Å². The average molecular weight is 380 g/mol. The monoisotopic (exact) mass is 379 g/mol. The third-order valence-corrected chi connectivity index (χ3v) is 6.63. The number of sulfonamides is 1. The lowest BCUT2D eigenvalue weighted by atomic mass is 9.85. The Kier molecular flexibility index (Phi) is 4.92. The zero-order valence-electron chi connectivity index (χ0n) is 14.2. The number of rotatable bonds is 7. The minimum absolute atomic E-state index is 0.00552. The van der Waals surface area contributed by atoms with E-state index in [4.69, 9.17) is 0 Å². The van der Waals surface area contributed by atoms with Crippen molar-refractivity contribution in [2.45, 2.75) is 33.1 Å². The first-order valence-electron chi connectivity index (χ1n) is 8.20. The van der Waals surface area contributed by atoms with Crippen LogP contribution in [0.2, 0.25) is 0 Å². The molecule has 8 heteroatoms. The van der Waals surface area contributed by atoms with Crippen LogP contribution >= 0.6 is 11.5 Å². The first-order valence-corrected chi connectivity index (χ1v) is 10.6. The Morgan fingerprint density at radius 3 is 2.72 bits per heavy atom. The summed E-state index contributed by atoms with van der Waals surface area (Å²) in [5.41, 5.74) is 1.20. The summed E-state index contributed by atoms with van der Waals surface area (Å²) in [5.74, 6) is -0.0848. The maximum atomic E-state index is 12.2. The van der Waals surface area contributed by atoms with Crippen LogP contribution in [0.1, 0.15) is 42.8 Å². The van der Waals surface area contributed by atoms with E-state index in [0.717, 1.165) is 24.4 Å². The third kappa shape index (κ3) is 4.64. The summed E-state index contributed by atoms with van der Waals surface area (Å²) in [7, 11) is -3.66. The fourth-order valence-electron chi connectivity index (χ4n) is 2.73. The summed E-state index contributed by atoms with van der Waals surface area (Å²) >= 11 is 0.965. The van der Waals surface area contributed by atoms with Gasteiger partial charge in [0.15, 0.2) is 0 Å². The molecule has 1 aliphatic rings. The second kappa shape index (κ2) is 6.84. The van der Waals surface area contributed by atoms with E-state index < -0.39 is 15.9 Å². The van der Waals surface area contributed by atoms with Crippen molar-refractivity contribution in [1.29, 1.82) is 0 Å². The summed E-state index contributed by atoms with van der Waals surface area (Å²) < 4.78 is 30.8. The molecule has 0 unspecified atom stereocenters. The number of aromatic nitrogens is 2. The molecule has 0 spiro atoms. The molecule has 1 aliphatic carbocycles. The van der Waals surface area contributed by atoms with Gasteiger partial charge >= 0.3 is 0 Å². The molecular formula is C17H21N3O3S2. The molecule has 2 aromatic rings. The van der Waals surface area contributed by atoms with Gasteiger partial charge in [0.25, 0.3) is 5.91 Å². The molecule has 2 aromatic heterocycles. The molecule has 134 valence electrons. The van der Waals surface area contributed by atoms with Gasteiger partial charge in [0.1, 0.15) is 10.6 Å². The molecule has 6 nitrogen and oxygen atoms in total. The van der Waals surface area contributed by atoms with Gasteiger partial charge < -0.3 is 0 Å². The van der Waals surface area contributed by atoms with Crippen LogP contribution in [0, 0.1) is 11.3 Å². The fourth-order valence-corrected chi connectivity index (χ4v) is 4.72. The number of nitrogens with zero attached hydrogens (tertiary/aromatic N) is 2. The number of hydrogen-bond acceptors (Lipinski definition) is 6. The highest BCUT2D eigenvalue weighted by Crippen LogP contribution is 2.47. The molecule has 0 radical (unpaired) electrons. The highest BCUT2D eigenvalue weighted by Gasteiger charge is 2.38. The topological polar surface area (TPSA) is 89.0 Å². The number of hydrogen-bond donors (Lipinski definition) is 1. The summed E-state index contributed by atoms with van der Waals surface area (Å²) in [4.78, 5) is 16.7. The summed E-state index contributed by atoms with van der Waals surface area (Å²) in [6, 6.07) is 6.96. The van der Waals surface area contributed by atoms with Gasteiger partial charge in [-0.1, -0.05) is 19.9 Å². The Labute approximate surface area is 151 Å². The van der Waals surface area contributed by atoms with Crippen LogP contribution in [-0.2, 0) is 10.0 Å². The largest absolute Gasteiger partial charge is 0.276 e. The number of carbonyl (C=O) groups excluding carboxylic acids is 1. The SMILES string of the molecule is CC(C)(CCS(=O)(=O)NC(=O)c1cc(-c2ccccn2)ns1)C1CC1. The first-order chi connectivity index (χ1) is 11.8. The van der Waals surface area contributed by atoms with Crippen LogP contribution in [0.3, 0.4) is 0 Å². The van der Waals surface area contributed by atoms with Crippen molar-refractivity contribution in [2.24, 2.45) is 11.3 Å². The zero-order chi connectivity index (χ0) is 18.1. The summed E-state index contributed by atoms with van der Waals surface area (Å²) in [6.45, 7) is 4.18. The summed E-state index contributed by atoms with van der Waals surface area (Å²) in [5, 5.41) is 0. The molecule has 3 rings (SSSR count). The van der Waals surface area contributed by atoms with Gasteiger partial charge in [0, 0.05) is 6.20 Å². The van der Waals surface area contributed by atoms with Crippen molar-refractivity contribution in [1.82, 2.24) is 14.1 Å². The molecule has 2 heterocycles. The third-order valence-electron chi connectivity index (χ3n) is 4.61. The molecule has 1 fully saturated rings. The van der Waals surface area contributed by atoms with Gasteiger partial charge in [-0.25, -0.2) is 13.1 Å². The van der Waals surface area contributed by atoms with Crippen molar-refractivity contribution < 1.29 is 13.2 Å². The maximum absolute atomic E-state index is 12.2. The van der Waals surface area contributed by atoms with Crippen molar-refractivity contribution in [3.05, 3.63) is 35.3 Å². The number of carbonyl (C=O) groups is 1. The number of amides is 1. The molecule has 0 atom stereocenters. The maximum Gasteiger partial charge on any atom is 0.276 e. The molecule has 0 bridgehead atoms. The van der Waals surface area contributed by atoms with Crippen molar-refractivity contribution in [3.63, 3.8) is 0 Å². The van der Waals surface area contributed by atoms with E-state index in [9.17, 15) is 13.2 Å². The van der Waals surface area contributed by atoms with Gasteiger partial charge in [0.05, 0.1) is 11.4 Å². The lowest BCUT2D eigenvalue weighted by Crippen LogP contribution is -2.33. The molecule has 25 heavy (non-hydrogen) atoms. The van der Waals surface area contributed by atoms with E-state index in [1.54, 1.807) is 24.4 Å². The van der Waals surface area contributed by atoms with Gasteiger partial charge in [0.2, 0.25) is 10.0 Å². The standard InChI is InChI=1S/C17H21N3O3S2/c1-17(2,12-6-7-12)8-10-25(22,23)20-16(21)15-11-14(19-24-15)13-5-3-4-9-18-13/h3-5,9,11-12H,6-8,10H2,1-2H3,(H,20,21). The number of pyridine rings is 1. The Hall–Kier alpha value is -1.80. The van der Waals surface area contributed by atoms with Crippen LogP contribution in [0.5, 0.6) is 0 Å². The average Bonchev–Trinajstić information content (AvgIpc) is 3.32. The second-order valence-corrected chi connectivity index (χ2v) is 9.70. The number of nitrogens with one attached hydrogen (secondary N) is 1. The second-order valence-electron chi connectivity index (χ2n) is 7.05. The Morgan fingerprint density at radius 1 is 1.32 bits per heavy atom. The van der Waals surface area contributed by atoms with E-state index in [0.29, 0.717) is 23.7 Å². The van der Waals surface area contributed by atoms with E-state index in [1.165, 1.54) is 0 Å². The Balaban J connectivity index is 1.62. The molecule has 0 aromatic carbocycles. The smallest absolute Gasteiger partial charge is 0.267 e. The van der Waals surface area contributed by atoms with Crippen molar-refractivity contribution >= 4 is 27.5 Å². The van der Waals surface area contributed by atoms with Crippen LogP contribution in [0.25, 0.3) is 11.4 Å². The van der Waals surface area contributed by atoms with E-state index in [2.05, 4.69) is 27.9 Å². The first kappa shape index (κ1) is 18.0. The molecule has 1 amide bonds. The van der Waals surface area contributed by atoms with E-state index in [1.807, 2.05) is 6.07 Å². The predicted octanol–water partition coefficient (Wildman–Crippen LogP) is 3.09. The molecule has 1 N–H and O–H groups in total. The lowest BCUT2D eigenvalue weighted by molar-refractivity contribution is 0.0985. The predicted molar refractivity (Wildman–Crippen MR) is 97.7 cm³/mol. The minimum Gasteiger partial charge on any atom is -0.267 e. The van der Waals surface area contributed by atoms with Crippen LogP contribution in [-0.4, -0.2) is 29.4 Å². The quantitative estimate of drug-likeness (QED) is 0.798. The zero-order valence-corrected chi connectivity index (χ0v) is 15.9. The van der Waals surface area contributed by atoms with E-state index >= 15 is 0 Å². The lowest BCUT2D eigenvalue weighted by Gasteiger charge is -2.23. The van der Waals surface area contributed by atoms with Gasteiger partial charge in [-0.2, -0.15) is 4.37 Å². The normalized spacial score (nSPS) is 15.1. The molecule has 1 saturated carbocycles. The fraction of sp³-hybridized carbons (Fsp3) is 0.471. The Morgan fingerprint density at radius 2 is 2.08 bits per heavy atom. The van der Waals surface area contributed by atoms with Crippen LogP contribution in [0.4, 0.5) is 0 Å². The van der Waals surface area contributed by atoms with Gasteiger partial charge in [-0.3, -0.25) is 9.78 Å². The molecule has 0 aliphatic heterocycles. The highest BCUT2D eigenvalue weighted by molar-refractivity contribution is 7.90. The molecule has 0 saturated heterocycles.